The van der Waals surface area contributed by atoms with E-state index in [1.165, 1.54) is 70.9 Å². The molecule has 0 spiro atoms. The molecule has 1 saturated carbocycles. The van der Waals surface area contributed by atoms with Gasteiger partial charge in [-0.25, -0.2) is 0 Å². The van der Waals surface area contributed by atoms with Gasteiger partial charge in [-0.05, 0) is 58.0 Å². The second-order valence-corrected chi connectivity index (χ2v) is 6.29. The van der Waals surface area contributed by atoms with Crippen molar-refractivity contribution in [3.05, 3.63) is 0 Å². The molecule has 2 aliphatic rings. The quantitative estimate of drug-likeness (QED) is 0.777. The fourth-order valence-corrected chi connectivity index (χ4v) is 3.94. The van der Waals surface area contributed by atoms with Crippen LogP contribution in [0.4, 0.5) is 0 Å². The molecule has 18 heavy (non-hydrogen) atoms. The maximum atomic E-state index is 3.72. The van der Waals surface area contributed by atoms with Crippen LogP contribution in [-0.4, -0.2) is 36.1 Å². The van der Waals surface area contributed by atoms with Crippen molar-refractivity contribution in [3.63, 3.8) is 0 Å². The summed E-state index contributed by atoms with van der Waals surface area (Å²) in [6.07, 6.45) is 12.6. The van der Waals surface area contributed by atoms with Crippen molar-refractivity contribution < 1.29 is 0 Å². The lowest BCUT2D eigenvalue weighted by Crippen LogP contribution is -2.45. The molecular formula is C16H32N2. The Kier molecular flexibility index (Phi) is 5.97. The summed E-state index contributed by atoms with van der Waals surface area (Å²) < 4.78 is 0. The molecule has 1 aliphatic heterocycles. The molecule has 2 nitrogen and oxygen atoms in total. The molecule has 3 atom stereocenters. The van der Waals surface area contributed by atoms with Crippen LogP contribution in [0.3, 0.4) is 0 Å². The third-order valence-corrected chi connectivity index (χ3v) is 4.85. The zero-order valence-electron chi connectivity index (χ0n) is 12.5. The molecule has 0 aromatic heterocycles. The van der Waals surface area contributed by atoms with Crippen LogP contribution in [0, 0.1) is 0 Å². The molecule has 2 rings (SSSR count). The number of likely N-dealkylation sites (tertiary alicyclic amines) is 1. The van der Waals surface area contributed by atoms with E-state index in [0.717, 1.165) is 18.1 Å². The molecule has 106 valence electrons. The highest BCUT2D eigenvalue weighted by Gasteiger charge is 2.33. The van der Waals surface area contributed by atoms with Crippen molar-refractivity contribution in [2.75, 3.05) is 13.1 Å². The Labute approximate surface area is 114 Å². The summed E-state index contributed by atoms with van der Waals surface area (Å²) in [5, 5.41) is 3.72. The molecule has 1 heterocycles. The lowest BCUT2D eigenvalue weighted by atomic mass is 9.95. The van der Waals surface area contributed by atoms with Crippen LogP contribution >= 0.6 is 0 Å². The molecule has 0 aromatic rings. The molecule has 1 saturated heterocycles. The lowest BCUT2D eigenvalue weighted by Gasteiger charge is -2.40. The fourth-order valence-electron chi connectivity index (χ4n) is 3.94. The Hall–Kier alpha value is -0.0800. The molecular weight excluding hydrogens is 220 g/mol. The van der Waals surface area contributed by atoms with Crippen LogP contribution in [0.2, 0.25) is 0 Å². The molecule has 3 unspecified atom stereocenters. The van der Waals surface area contributed by atoms with E-state index < -0.39 is 0 Å². The van der Waals surface area contributed by atoms with Crippen LogP contribution in [0.1, 0.15) is 71.6 Å². The monoisotopic (exact) mass is 252 g/mol. The smallest absolute Gasteiger partial charge is 0.0114 e. The molecule has 0 aromatic carbocycles. The van der Waals surface area contributed by atoms with E-state index in [2.05, 4.69) is 24.1 Å². The van der Waals surface area contributed by atoms with E-state index in [1.54, 1.807) is 0 Å². The summed E-state index contributed by atoms with van der Waals surface area (Å²) in [4.78, 5) is 2.88. The number of rotatable bonds is 6. The molecule has 1 aliphatic carbocycles. The summed E-state index contributed by atoms with van der Waals surface area (Å²) in [5.74, 6) is 0. The molecule has 1 N–H and O–H groups in total. The Bertz CT molecular complexity index is 227. The zero-order chi connectivity index (χ0) is 12.8. The predicted octanol–water partition coefficient (Wildman–Crippen LogP) is 3.56. The summed E-state index contributed by atoms with van der Waals surface area (Å²) >= 11 is 0. The molecule has 2 fully saturated rings. The second-order valence-electron chi connectivity index (χ2n) is 6.29. The lowest BCUT2D eigenvalue weighted by molar-refractivity contribution is 0.0894. The zero-order valence-corrected chi connectivity index (χ0v) is 12.5. The van der Waals surface area contributed by atoms with Crippen molar-refractivity contribution in [1.82, 2.24) is 10.2 Å². The van der Waals surface area contributed by atoms with Crippen LogP contribution in [0.25, 0.3) is 0 Å². The van der Waals surface area contributed by atoms with Crippen LogP contribution in [0.5, 0.6) is 0 Å². The first-order chi connectivity index (χ1) is 8.85. The van der Waals surface area contributed by atoms with E-state index in [4.69, 9.17) is 0 Å². The summed E-state index contributed by atoms with van der Waals surface area (Å²) in [6, 6.07) is 2.59. The van der Waals surface area contributed by atoms with Gasteiger partial charge in [-0.1, -0.05) is 26.7 Å². The highest BCUT2D eigenvalue weighted by Crippen LogP contribution is 2.31. The maximum Gasteiger partial charge on any atom is 0.0114 e. The van der Waals surface area contributed by atoms with E-state index in [1.807, 2.05) is 0 Å². The Morgan fingerprint density at radius 3 is 2.72 bits per heavy atom. The van der Waals surface area contributed by atoms with Gasteiger partial charge in [-0.2, -0.15) is 0 Å². The SMILES string of the molecule is CCCNC1CCC(N2CCCCC2CCC)C1. The number of piperidine rings is 1. The van der Waals surface area contributed by atoms with E-state index >= 15 is 0 Å². The third kappa shape index (κ3) is 3.71. The van der Waals surface area contributed by atoms with Gasteiger partial charge in [0.2, 0.25) is 0 Å². The Morgan fingerprint density at radius 2 is 1.94 bits per heavy atom. The van der Waals surface area contributed by atoms with Crippen molar-refractivity contribution in [1.29, 1.82) is 0 Å². The normalized spacial score (nSPS) is 34.0. The standard InChI is InChI=1S/C16H32N2/c1-3-7-15-8-5-6-12-18(15)16-10-9-14(13-16)17-11-4-2/h14-17H,3-13H2,1-2H3. The minimum atomic E-state index is 0.805. The minimum absolute atomic E-state index is 0.805. The van der Waals surface area contributed by atoms with E-state index in [9.17, 15) is 0 Å². The Balaban J connectivity index is 1.82. The van der Waals surface area contributed by atoms with E-state index in [-0.39, 0.29) is 0 Å². The van der Waals surface area contributed by atoms with E-state index in [0.29, 0.717) is 0 Å². The van der Waals surface area contributed by atoms with Gasteiger partial charge in [0.15, 0.2) is 0 Å². The van der Waals surface area contributed by atoms with Gasteiger partial charge in [-0.15, -0.1) is 0 Å². The van der Waals surface area contributed by atoms with Gasteiger partial charge in [-0.3, -0.25) is 4.90 Å². The van der Waals surface area contributed by atoms with Crippen molar-refractivity contribution in [2.45, 2.75) is 89.8 Å². The van der Waals surface area contributed by atoms with Crippen molar-refractivity contribution in [3.8, 4) is 0 Å². The number of nitrogens with one attached hydrogen (secondary N) is 1. The van der Waals surface area contributed by atoms with Gasteiger partial charge in [0.25, 0.3) is 0 Å². The largest absolute Gasteiger partial charge is 0.314 e. The van der Waals surface area contributed by atoms with Crippen molar-refractivity contribution >= 4 is 0 Å². The van der Waals surface area contributed by atoms with Crippen molar-refractivity contribution in [2.24, 2.45) is 0 Å². The topological polar surface area (TPSA) is 15.3 Å². The highest BCUT2D eigenvalue weighted by atomic mass is 15.2. The average Bonchev–Trinajstić information content (AvgIpc) is 2.86. The first kappa shape index (κ1) is 14.3. The summed E-state index contributed by atoms with van der Waals surface area (Å²) in [7, 11) is 0. The second kappa shape index (κ2) is 7.49. The van der Waals surface area contributed by atoms with Gasteiger partial charge in [0.1, 0.15) is 0 Å². The van der Waals surface area contributed by atoms with Crippen LogP contribution < -0.4 is 5.32 Å². The van der Waals surface area contributed by atoms with Crippen LogP contribution in [0.15, 0.2) is 0 Å². The number of hydrogen-bond acceptors (Lipinski definition) is 2. The summed E-state index contributed by atoms with van der Waals surface area (Å²) in [5.41, 5.74) is 0. The average molecular weight is 252 g/mol. The van der Waals surface area contributed by atoms with Crippen LogP contribution in [-0.2, 0) is 0 Å². The van der Waals surface area contributed by atoms with Gasteiger partial charge >= 0.3 is 0 Å². The third-order valence-electron chi connectivity index (χ3n) is 4.85. The molecule has 0 amide bonds. The summed E-state index contributed by atoms with van der Waals surface area (Å²) in [6.45, 7) is 7.18. The minimum Gasteiger partial charge on any atom is -0.314 e. The predicted molar refractivity (Wildman–Crippen MR) is 79.0 cm³/mol. The molecule has 0 radical (unpaired) electrons. The molecule has 2 heteroatoms. The fraction of sp³-hybridized carbons (Fsp3) is 1.00. The number of nitrogens with zero attached hydrogens (tertiary/aromatic N) is 1. The maximum absolute atomic E-state index is 3.72. The van der Waals surface area contributed by atoms with Gasteiger partial charge < -0.3 is 5.32 Å². The first-order valence-electron chi connectivity index (χ1n) is 8.34. The Morgan fingerprint density at radius 1 is 1.06 bits per heavy atom. The first-order valence-corrected chi connectivity index (χ1v) is 8.34. The highest BCUT2D eigenvalue weighted by molar-refractivity contribution is 4.90. The van der Waals surface area contributed by atoms with Gasteiger partial charge in [0.05, 0.1) is 0 Å². The number of hydrogen-bond donors (Lipinski definition) is 1. The molecule has 0 bridgehead atoms. The van der Waals surface area contributed by atoms with Gasteiger partial charge in [0, 0.05) is 18.1 Å².